The summed E-state index contributed by atoms with van der Waals surface area (Å²) in [5, 5.41) is 0. The number of piperazine rings is 1. The van der Waals surface area contributed by atoms with Gasteiger partial charge in [0.15, 0.2) is 5.76 Å². The van der Waals surface area contributed by atoms with Crippen molar-refractivity contribution in [3.63, 3.8) is 0 Å². The fourth-order valence-corrected chi connectivity index (χ4v) is 4.78. The molecule has 35 heavy (non-hydrogen) atoms. The van der Waals surface area contributed by atoms with E-state index in [1.807, 2.05) is 0 Å². The van der Waals surface area contributed by atoms with Gasteiger partial charge in [-0.15, -0.1) is 0 Å². The molecule has 0 saturated carbocycles. The summed E-state index contributed by atoms with van der Waals surface area (Å²) < 4.78 is 15.8. The SMILES string of the molecule is COCCN1C(=O)CC(CC(=O)N2CCN(C(=O)c3ccco3)CC2)(c2ccccc2OC)C1=O. The molecule has 4 rings (SSSR count). The predicted octanol–water partition coefficient (Wildman–Crippen LogP) is 1.31. The second-order valence-electron chi connectivity index (χ2n) is 8.63. The van der Waals surface area contributed by atoms with E-state index >= 15 is 0 Å². The van der Waals surface area contributed by atoms with Crippen molar-refractivity contribution in [1.29, 1.82) is 0 Å². The van der Waals surface area contributed by atoms with Crippen LogP contribution in [0.4, 0.5) is 0 Å². The second kappa shape index (κ2) is 10.3. The highest BCUT2D eigenvalue weighted by molar-refractivity contribution is 6.11. The van der Waals surface area contributed by atoms with Gasteiger partial charge < -0.3 is 23.7 Å². The Morgan fingerprint density at radius 3 is 2.37 bits per heavy atom. The van der Waals surface area contributed by atoms with Crippen LogP contribution in [0.1, 0.15) is 29.0 Å². The van der Waals surface area contributed by atoms with E-state index in [1.54, 1.807) is 46.2 Å². The Hall–Kier alpha value is -3.66. The van der Waals surface area contributed by atoms with Crippen LogP contribution in [0.25, 0.3) is 0 Å². The number of likely N-dealkylation sites (tertiary alicyclic amines) is 1. The number of ether oxygens (including phenoxy) is 2. The Morgan fingerprint density at radius 2 is 1.71 bits per heavy atom. The third-order valence-electron chi connectivity index (χ3n) is 6.65. The van der Waals surface area contributed by atoms with Gasteiger partial charge in [0.2, 0.25) is 17.7 Å². The van der Waals surface area contributed by atoms with Gasteiger partial charge in [0.05, 0.1) is 31.9 Å². The van der Waals surface area contributed by atoms with Gasteiger partial charge in [-0.25, -0.2) is 0 Å². The van der Waals surface area contributed by atoms with Crippen molar-refractivity contribution in [3.05, 3.63) is 54.0 Å². The highest BCUT2D eigenvalue weighted by atomic mass is 16.5. The fourth-order valence-electron chi connectivity index (χ4n) is 4.78. The molecule has 10 heteroatoms. The van der Waals surface area contributed by atoms with E-state index < -0.39 is 11.3 Å². The van der Waals surface area contributed by atoms with Gasteiger partial charge in [0.1, 0.15) is 5.75 Å². The summed E-state index contributed by atoms with van der Waals surface area (Å²) in [5.41, 5.74) is -0.851. The molecule has 0 aliphatic carbocycles. The van der Waals surface area contributed by atoms with Crippen LogP contribution in [-0.4, -0.2) is 91.9 Å². The summed E-state index contributed by atoms with van der Waals surface area (Å²) in [5.74, 6) is -0.549. The smallest absolute Gasteiger partial charge is 0.289 e. The van der Waals surface area contributed by atoms with Crippen molar-refractivity contribution in [3.8, 4) is 5.75 Å². The number of rotatable bonds is 8. The number of amides is 4. The Bertz CT molecular complexity index is 1090. The Kier molecular flexibility index (Phi) is 7.20. The summed E-state index contributed by atoms with van der Waals surface area (Å²) in [7, 11) is 2.99. The number of para-hydroxylation sites is 1. The van der Waals surface area contributed by atoms with Crippen molar-refractivity contribution < 1.29 is 33.1 Å². The first-order valence-electron chi connectivity index (χ1n) is 11.5. The lowest BCUT2D eigenvalue weighted by Crippen LogP contribution is -2.52. The van der Waals surface area contributed by atoms with E-state index in [1.165, 1.54) is 25.4 Å². The molecule has 2 aliphatic heterocycles. The van der Waals surface area contributed by atoms with Gasteiger partial charge in [-0.3, -0.25) is 24.1 Å². The quantitative estimate of drug-likeness (QED) is 0.521. The third-order valence-corrected chi connectivity index (χ3v) is 6.65. The molecule has 0 spiro atoms. The minimum absolute atomic E-state index is 0.118. The Morgan fingerprint density at radius 1 is 1.00 bits per heavy atom. The molecule has 2 fully saturated rings. The lowest BCUT2D eigenvalue weighted by Gasteiger charge is -2.36. The van der Waals surface area contributed by atoms with E-state index in [0.29, 0.717) is 37.5 Å². The third kappa shape index (κ3) is 4.66. The molecule has 0 N–H and O–H groups in total. The standard InChI is InChI=1S/C25H29N3O7/c1-33-15-13-28-22(30)17-25(24(28)32,18-6-3-4-7-19(18)34-2)16-21(29)26-9-11-27(12-10-26)23(31)20-8-5-14-35-20/h3-8,14H,9-13,15-17H2,1-2H3. The van der Waals surface area contributed by atoms with Crippen LogP contribution in [0.2, 0.25) is 0 Å². The molecule has 10 nitrogen and oxygen atoms in total. The average Bonchev–Trinajstić information content (AvgIpc) is 3.50. The minimum atomic E-state index is -1.37. The minimum Gasteiger partial charge on any atom is -0.496 e. The van der Waals surface area contributed by atoms with E-state index in [4.69, 9.17) is 13.9 Å². The highest BCUT2D eigenvalue weighted by Crippen LogP contribution is 2.44. The van der Waals surface area contributed by atoms with Crippen molar-refractivity contribution in [2.24, 2.45) is 0 Å². The summed E-state index contributed by atoms with van der Waals surface area (Å²) in [6, 6.07) is 10.2. The Balaban J connectivity index is 1.54. The van der Waals surface area contributed by atoms with Gasteiger partial charge in [0, 0.05) is 51.7 Å². The highest BCUT2D eigenvalue weighted by Gasteiger charge is 2.55. The molecule has 2 aromatic rings. The van der Waals surface area contributed by atoms with Gasteiger partial charge in [-0.2, -0.15) is 0 Å². The van der Waals surface area contributed by atoms with Crippen LogP contribution in [-0.2, 0) is 24.5 Å². The second-order valence-corrected chi connectivity index (χ2v) is 8.63. The van der Waals surface area contributed by atoms with E-state index in [9.17, 15) is 19.2 Å². The summed E-state index contributed by atoms with van der Waals surface area (Å²) >= 11 is 0. The molecule has 186 valence electrons. The van der Waals surface area contributed by atoms with Crippen LogP contribution in [0.3, 0.4) is 0 Å². The van der Waals surface area contributed by atoms with E-state index in [-0.39, 0.29) is 49.5 Å². The molecule has 3 heterocycles. The number of nitrogens with zero attached hydrogens (tertiary/aromatic N) is 3. The van der Waals surface area contributed by atoms with Gasteiger partial charge >= 0.3 is 0 Å². The largest absolute Gasteiger partial charge is 0.496 e. The van der Waals surface area contributed by atoms with Crippen LogP contribution in [0, 0.1) is 0 Å². The molecule has 1 atom stereocenters. The number of methoxy groups -OCH3 is 2. The normalized spacial score (nSPS) is 20.5. The number of benzene rings is 1. The Labute approximate surface area is 203 Å². The molecular weight excluding hydrogens is 454 g/mol. The zero-order valence-electron chi connectivity index (χ0n) is 19.9. The first-order valence-corrected chi connectivity index (χ1v) is 11.5. The predicted molar refractivity (Wildman–Crippen MR) is 124 cm³/mol. The lowest BCUT2D eigenvalue weighted by atomic mass is 9.75. The molecule has 0 radical (unpaired) electrons. The topological polar surface area (TPSA) is 110 Å². The lowest BCUT2D eigenvalue weighted by molar-refractivity contribution is -0.143. The van der Waals surface area contributed by atoms with E-state index in [0.717, 1.165) is 0 Å². The van der Waals surface area contributed by atoms with Gasteiger partial charge in [-0.05, 0) is 18.2 Å². The number of imide groups is 1. The maximum Gasteiger partial charge on any atom is 0.289 e. The fraction of sp³-hybridized carbons (Fsp3) is 0.440. The van der Waals surface area contributed by atoms with Crippen molar-refractivity contribution in [2.45, 2.75) is 18.3 Å². The average molecular weight is 484 g/mol. The number of carbonyl (C=O) groups is 4. The molecule has 4 amide bonds. The van der Waals surface area contributed by atoms with Crippen LogP contribution in [0.5, 0.6) is 5.75 Å². The first kappa shape index (κ1) is 24.5. The molecule has 1 unspecified atom stereocenters. The maximum absolute atomic E-state index is 13.7. The summed E-state index contributed by atoms with van der Waals surface area (Å²) in [6.07, 6.45) is 1.15. The number of hydrogen-bond acceptors (Lipinski definition) is 7. The van der Waals surface area contributed by atoms with Gasteiger partial charge in [-0.1, -0.05) is 18.2 Å². The number of hydrogen-bond donors (Lipinski definition) is 0. The molecule has 1 aromatic heterocycles. The molecule has 1 aromatic carbocycles. The summed E-state index contributed by atoms with van der Waals surface area (Å²) in [4.78, 5) is 57.0. The number of furan rings is 1. The molecule has 2 aliphatic rings. The molecule has 2 saturated heterocycles. The van der Waals surface area contributed by atoms with Crippen molar-refractivity contribution in [2.75, 3.05) is 53.6 Å². The number of carbonyl (C=O) groups excluding carboxylic acids is 4. The summed E-state index contributed by atoms with van der Waals surface area (Å²) in [6.45, 7) is 1.66. The van der Waals surface area contributed by atoms with E-state index in [2.05, 4.69) is 0 Å². The van der Waals surface area contributed by atoms with Crippen molar-refractivity contribution >= 4 is 23.6 Å². The molecular formula is C25H29N3O7. The van der Waals surface area contributed by atoms with Gasteiger partial charge in [0.25, 0.3) is 5.91 Å². The van der Waals surface area contributed by atoms with Crippen molar-refractivity contribution in [1.82, 2.24) is 14.7 Å². The zero-order chi connectivity index (χ0) is 25.0. The van der Waals surface area contributed by atoms with Crippen LogP contribution in [0.15, 0.2) is 47.1 Å². The maximum atomic E-state index is 13.7. The molecule has 0 bridgehead atoms. The van der Waals surface area contributed by atoms with Crippen LogP contribution >= 0.6 is 0 Å². The van der Waals surface area contributed by atoms with Crippen LogP contribution < -0.4 is 4.74 Å². The zero-order valence-corrected chi connectivity index (χ0v) is 19.9. The first-order chi connectivity index (χ1) is 16.9. The monoisotopic (exact) mass is 483 g/mol.